The highest BCUT2D eigenvalue weighted by Crippen LogP contribution is 2.19. The lowest BCUT2D eigenvalue weighted by Gasteiger charge is -2.39. The molecule has 0 aromatic carbocycles. The Balaban J connectivity index is 4.06. The average molecular weight is 596 g/mol. The topological polar surface area (TPSA) is 115 Å². The van der Waals surface area contributed by atoms with Gasteiger partial charge in [0.2, 0.25) is 0 Å². The minimum Gasteiger partial charge on any atom is -0.550 e. The maximum Gasteiger partial charge on any atom is 0.303 e. The molecule has 2 N–H and O–H groups in total. The molecule has 0 aliphatic carbocycles. The van der Waals surface area contributed by atoms with Crippen LogP contribution in [-0.2, 0) is 14.4 Å². The van der Waals surface area contributed by atoms with Gasteiger partial charge in [0.1, 0.15) is 0 Å². The summed E-state index contributed by atoms with van der Waals surface area (Å²) < 4.78 is 0.612. The molecule has 0 heterocycles. The van der Waals surface area contributed by atoms with Gasteiger partial charge >= 0.3 is 11.9 Å². The lowest BCUT2D eigenvalue weighted by Crippen LogP contribution is -2.51. The van der Waals surface area contributed by atoms with Crippen LogP contribution < -0.4 is 5.11 Å². The number of hydrogen-bond acceptors (Lipinski definition) is 4. The fourth-order valence-corrected chi connectivity index (χ4v) is 5.94. The van der Waals surface area contributed by atoms with E-state index in [0.717, 1.165) is 19.4 Å². The average Bonchev–Trinajstić information content (AvgIpc) is 2.93. The van der Waals surface area contributed by atoms with Crippen molar-refractivity contribution in [1.82, 2.24) is 0 Å². The highest BCUT2D eigenvalue weighted by atomic mass is 16.4. The quantitative estimate of drug-likeness (QED) is 0.0451. The number of hydrogen-bond donors (Lipinski definition) is 2. The molecular formula is C35H65NO6. The molecule has 0 rings (SSSR count). The second-order valence-corrected chi connectivity index (χ2v) is 12.4. The van der Waals surface area contributed by atoms with Crippen LogP contribution in [0.1, 0.15) is 167 Å². The molecule has 42 heavy (non-hydrogen) atoms. The van der Waals surface area contributed by atoms with Gasteiger partial charge in [0.15, 0.2) is 0 Å². The number of rotatable bonds is 33. The molecule has 7 nitrogen and oxygen atoms in total. The van der Waals surface area contributed by atoms with Crippen molar-refractivity contribution in [2.45, 2.75) is 167 Å². The Bertz CT molecular complexity index is 643. The third-order valence-electron chi connectivity index (χ3n) is 8.45. The fourth-order valence-electron chi connectivity index (χ4n) is 5.94. The van der Waals surface area contributed by atoms with Crippen molar-refractivity contribution in [1.29, 1.82) is 0 Å². The minimum atomic E-state index is -1.07. The van der Waals surface area contributed by atoms with Crippen molar-refractivity contribution in [2.75, 3.05) is 26.2 Å². The second-order valence-electron chi connectivity index (χ2n) is 12.4. The van der Waals surface area contributed by atoms with Crippen LogP contribution in [0.2, 0.25) is 0 Å². The van der Waals surface area contributed by atoms with Gasteiger partial charge in [-0.05, 0) is 44.9 Å². The van der Waals surface area contributed by atoms with E-state index in [1.165, 1.54) is 109 Å². The number of nitrogens with zero attached hydrogens (tertiary/aromatic N) is 1. The molecule has 0 saturated carbocycles. The molecule has 0 atom stereocenters. The summed E-state index contributed by atoms with van der Waals surface area (Å²) in [4.78, 5) is 33.1. The Hall–Kier alpha value is -1.89. The van der Waals surface area contributed by atoms with Gasteiger partial charge in [0, 0.05) is 25.2 Å². The zero-order valence-electron chi connectivity index (χ0n) is 27.1. The largest absolute Gasteiger partial charge is 0.550 e. The fraction of sp³-hybridized carbons (Fsp3) is 0.857. The van der Waals surface area contributed by atoms with Crippen molar-refractivity contribution in [2.24, 2.45) is 0 Å². The Labute approximate surface area is 257 Å². The van der Waals surface area contributed by atoms with E-state index >= 15 is 0 Å². The van der Waals surface area contributed by atoms with Gasteiger partial charge in [-0.1, -0.05) is 103 Å². The van der Waals surface area contributed by atoms with E-state index in [9.17, 15) is 19.5 Å². The molecule has 246 valence electrons. The standard InChI is InChI=1S/C35H65NO6/c1-2-3-4-5-6-7-8-9-10-11-12-13-14-15-16-17-18-19-20-21-22-29-36(30-23-26-33(37)38,31-24-27-34(39)40)32-25-28-35(41)42/h12-13H,2-11,14-32H2,1H3,(H2-,37,38,39,40,41,42)/b13-12+. The predicted octanol–water partition coefficient (Wildman–Crippen LogP) is 8.05. The Morgan fingerprint density at radius 3 is 1.21 bits per heavy atom. The number of carbonyl (C=O) groups excluding carboxylic acids is 1. The normalized spacial score (nSPS) is 11.8. The summed E-state index contributed by atoms with van der Waals surface area (Å²) in [5.41, 5.74) is 0. The molecule has 0 unspecified atom stereocenters. The van der Waals surface area contributed by atoms with Crippen LogP contribution in [0.25, 0.3) is 0 Å². The van der Waals surface area contributed by atoms with E-state index in [1.54, 1.807) is 0 Å². The Kier molecular flexibility index (Phi) is 27.9. The highest BCUT2D eigenvalue weighted by Gasteiger charge is 2.26. The van der Waals surface area contributed by atoms with Gasteiger partial charge in [0.25, 0.3) is 0 Å². The van der Waals surface area contributed by atoms with Crippen LogP contribution in [0.4, 0.5) is 0 Å². The van der Waals surface area contributed by atoms with Crippen LogP contribution in [0.15, 0.2) is 12.2 Å². The van der Waals surface area contributed by atoms with Crippen LogP contribution in [0.5, 0.6) is 0 Å². The number of carboxylic acid groups (broad SMARTS) is 3. The van der Waals surface area contributed by atoms with Gasteiger partial charge in [-0.25, -0.2) is 0 Å². The summed E-state index contributed by atoms with van der Waals surface area (Å²) in [6, 6.07) is 0. The van der Waals surface area contributed by atoms with Gasteiger partial charge in [0.05, 0.1) is 39.0 Å². The maximum absolute atomic E-state index is 11.1. The molecule has 0 aromatic heterocycles. The number of unbranched alkanes of at least 4 members (excludes halogenated alkanes) is 17. The third kappa shape index (κ3) is 28.2. The molecule has 0 aromatic rings. The Morgan fingerprint density at radius 1 is 0.500 bits per heavy atom. The monoisotopic (exact) mass is 595 g/mol. The first kappa shape index (κ1) is 40.1. The molecule has 0 bridgehead atoms. The molecule has 0 spiro atoms. The second kappa shape index (κ2) is 29.2. The summed E-state index contributed by atoms with van der Waals surface area (Å²) in [5, 5.41) is 29.2. The van der Waals surface area contributed by atoms with Gasteiger partial charge < -0.3 is 24.6 Å². The predicted molar refractivity (Wildman–Crippen MR) is 170 cm³/mol. The van der Waals surface area contributed by atoms with E-state index in [4.69, 9.17) is 10.2 Å². The smallest absolute Gasteiger partial charge is 0.303 e. The summed E-state index contributed by atoms with van der Waals surface area (Å²) in [6.07, 6.45) is 30.8. The van der Waals surface area contributed by atoms with Crippen molar-refractivity contribution < 1.29 is 34.2 Å². The summed E-state index contributed by atoms with van der Waals surface area (Å²) in [6.45, 7) is 5.03. The van der Waals surface area contributed by atoms with E-state index in [0.29, 0.717) is 43.4 Å². The number of allylic oxidation sites excluding steroid dienone is 2. The van der Waals surface area contributed by atoms with Crippen molar-refractivity contribution in [3.05, 3.63) is 12.2 Å². The first-order valence-corrected chi connectivity index (χ1v) is 17.4. The minimum absolute atomic E-state index is 0.0209. The molecule has 0 saturated heterocycles. The maximum atomic E-state index is 11.1. The zero-order chi connectivity index (χ0) is 31.2. The number of carbonyl (C=O) groups is 3. The van der Waals surface area contributed by atoms with Crippen molar-refractivity contribution in [3.63, 3.8) is 0 Å². The SMILES string of the molecule is CCCCCCCCCCC/C=C/CCCCCCCCCC[N+](CCCC(=O)[O-])(CCCC(=O)O)CCCC(=O)O. The Morgan fingerprint density at radius 2 is 0.833 bits per heavy atom. The molecule has 0 fully saturated rings. The first-order chi connectivity index (χ1) is 20.3. The molecular weight excluding hydrogens is 530 g/mol. The van der Waals surface area contributed by atoms with E-state index in [2.05, 4.69) is 19.1 Å². The lowest BCUT2D eigenvalue weighted by molar-refractivity contribution is -0.929. The van der Waals surface area contributed by atoms with Crippen molar-refractivity contribution >= 4 is 17.9 Å². The van der Waals surface area contributed by atoms with Crippen LogP contribution in [0, 0.1) is 0 Å². The van der Waals surface area contributed by atoms with Gasteiger partial charge in [-0.3, -0.25) is 9.59 Å². The number of quaternary nitrogens is 1. The van der Waals surface area contributed by atoms with E-state index in [-0.39, 0.29) is 19.3 Å². The molecule has 0 aliphatic rings. The van der Waals surface area contributed by atoms with Crippen LogP contribution in [-0.4, -0.2) is 58.8 Å². The first-order valence-electron chi connectivity index (χ1n) is 17.4. The molecule has 0 aliphatic heterocycles. The number of aliphatic carboxylic acids is 3. The van der Waals surface area contributed by atoms with E-state index in [1.807, 2.05) is 0 Å². The highest BCUT2D eigenvalue weighted by molar-refractivity contribution is 5.66. The molecule has 0 radical (unpaired) electrons. The lowest BCUT2D eigenvalue weighted by atomic mass is 10.1. The summed E-state index contributed by atoms with van der Waals surface area (Å²) in [7, 11) is 0. The van der Waals surface area contributed by atoms with Crippen molar-refractivity contribution in [3.8, 4) is 0 Å². The van der Waals surface area contributed by atoms with Crippen LogP contribution >= 0.6 is 0 Å². The number of carboxylic acids is 3. The van der Waals surface area contributed by atoms with Gasteiger partial charge in [-0.2, -0.15) is 0 Å². The van der Waals surface area contributed by atoms with Crippen LogP contribution in [0.3, 0.4) is 0 Å². The van der Waals surface area contributed by atoms with Gasteiger partial charge in [-0.15, -0.1) is 0 Å². The zero-order valence-corrected chi connectivity index (χ0v) is 27.1. The van der Waals surface area contributed by atoms with E-state index < -0.39 is 17.9 Å². The summed E-state index contributed by atoms with van der Waals surface area (Å²) >= 11 is 0. The third-order valence-corrected chi connectivity index (χ3v) is 8.45. The molecule has 0 amide bonds. The molecule has 7 heteroatoms. The summed E-state index contributed by atoms with van der Waals surface area (Å²) in [5.74, 6) is -2.74.